The SMILES string of the molecule is CC[C@H](C(=O)NCCC1=CCCCC1)n1nc(C)c2c(C)n(-c3ccc(C)cc3)nc2c1=O. The van der Waals surface area contributed by atoms with Crippen LogP contribution in [0.1, 0.15) is 68.4 Å². The molecule has 7 nitrogen and oxygen atoms in total. The maximum absolute atomic E-state index is 13.4. The predicted octanol–water partition coefficient (Wildman–Crippen LogP) is 4.47. The van der Waals surface area contributed by atoms with Crippen LogP contribution in [0.2, 0.25) is 0 Å². The van der Waals surface area contributed by atoms with Gasteiger partial charge in [0.05, 0.1) is 22.5 Å². The minimum absolute atomic E-state index is 0.169. The molecule has 0 spiro atoms. The van der Waals surface area contributed by atoms with Gasteiger partial charge in [0.2, 0.25) is 5.91 Å². The molecule has 1 aromatic carbocycles. The van der Waals surface area contributed by atoms with Crippen molar-refractivity contribution in [2.24, 2.45) is 0 Å². The summed E-state index contributed by atoms with van der Waals surface area (Å²) in [5.41, 5.74) is 5.03. The summed E-state index contributed by atoms with van der Waals surface area (Å²) in [5, 5.41) is 13.0. The van der Waals surface area contributed by atoms with Crippen molar-refractivity contribution in [1.82, 2.24) is 24.9 Å². The molecule has 2 heterocycles. The Morgan fingerprint density at radius 2 is 1.88 bits per heavy atom. The largest absolute Gasteiger partial charge is 0.354 e. The molecule has 7 heteroatoms. The third-order valence-electron chi connectivity index (χ3n) is 6.54. The van der Waals surface area contributed by atoms with Crippen LogP contribution in [0.5, 0.6) is 0 Å². The number of nitrogens with zero attached hydrogens (tertiary/aromatic N) is 4. The number of hydrogen-bond donors (Lipinski definition) is 1. The molecule has 0 radical (unpaired) electrons. The predicted molar refractivity (Wildman–Crippen MR) is 131 cm³/mol. The first-order valence-corrected chi connectivity index (χ1v) is 11.9. The number of aryl methyl sites for hydroxylation is 3. The number of benzene rings is 1. The summed E-state index contributed by atoms with van der Waals surface area (Å²) in [6.45, 7) is 8.32. The highest BCUT2D eigenvalue weighted by atomic mass is 16.2. The number of rotatable bonds is 7. The number of hydrogen-bond acceptors (Lipinski definition) is 4. The van der Waals surface area contributed by atoms with Crippen LogP contribution >= 0.6 is 0 Å². The van der Waals surface area contributed by atoms with Gasteiger partial charge in [0.25, 0.3) is 5.56 Å². The van der Waals surface area contributed by atoms with E-state index in [0.29, 0.717) is 24.2 Å². The summed E-state index contributed by atoms with van der Waals surface area (Å²) < 4.78 is 3.10. The van der Waals surface area contributed by atoms with Crippen LogP contribution in [0, 0.1) is 20.8 Å². The van der Waals surface area contributed by atoms with Crippen molar-refractivity contribution in [1.29, 1.82) is 0 Å². The lowest BCUT2D eigenvalue weighted by Gasteiger charge is -2.18. The number of nitrogens with one attached hydrogen (secondary N) is 1. The molecule has 1 atom stereocenters. The summed E-state index contributed by atoms with van der Waals surface area (Å²) in [6, 6.07) is 7.35. The molecule has 3 aromatic rings. The summed E-state index contributed by atoms with van der Waals surface area (Å²) in [5.74, 6) is -0.169. The van der Waals surface area contributed by atoms with Crippen LogP contribution in [0.4, 0.5) is 0 Å². The van der Waals surface area contributed by atoms with E-state index in [-0.39, 0.29) is 11.5 Å². The molecule has 1 aliphatic carbocycles. The highest BCUT2D eigenvalue weighted by Gasteiger charge is 2.25. The smallest absolute Gasteiger partial charge is 0.295 e. The molecule has 0 saturated carbocycles. The molecule has 0 aliphatic heterocycles. The number of allylic oxidation sites excluding steroid dienone is 1. The Balaban J connectivity index is 1.62. The molecule has 2 aromatic heterocycles. The molecular formula is C26H33N5O2. The second kappa shape index (κ2) is 9.73. The van der Waals surface area contributed by atoms with Gasteiger partial charge in [-0.1, -0.05) is 36.3 Å². The normalized spacial score (nSPS) is 14.8. The zero-order valence-corrected chi connectivity index (χ0v) is 20.0. The Labute approximate surface area is 194 Å². The van der Waals surface area contributed by atoms with Crippen LogP contribution in [0.25, 0.3) is 16.6 Å². The molecule has 1 aliphatic rings. The molecule has 1 amide bonds. The van der Waals surface area contributed by atoms with Gasteiger partial charge in [-0.05, 0) is 71.4 Å². The molecule has 1 N–H and O–H groups in total. The molecule has 0 unspecified atom stereocenters. The van der Waals surface area contributed by atoms with Gasteiger partial charge in [-0.3, -0.25) is 9.59 Å². The van der Waals surface area contributed by atoms with Crippen molar-refractivity contribution in [2.75, 3.05) is 6.54 Å². The van der Waals surface area contributed by atoms with E-state index < -0.39 is 6.04 Å². The minimum Gasteiger partial charge on any atom is -0.354 e. The summed E-state index contributed by atoms with van der Waals surface area (Å²) in [7, 11) is 0. The summed E-state index contributed by atoms with van der Waals surface area (Å²) >= 11 is 0. The highest BCUT2D eigenvalue weighted by Crippen LogP contribution is 2.23. The standard InChI is InChI=1S/C26H33N5O2/c1-5-22(25(32)27-16-15-20-9-7-6-8-10-20)31-26(33)24-23(18(3)28-31)19(4)30(29-24)21-13-11-17(2)12-14-21/h9,11-14,22H,5-8,10,15-16H2,1-4H3,(H,27,32)/t22-/m1/s1. The number of fused-ring (bicyclic) bond motifs is 1. The lowest BCUT2D eigenvalue weighted by molar-refractivity contribution is -0.124. The van der Waals surface area contributed by atoms with E-state index in [1.807, 2.05) is 52.0 Å². The fraction of sp³-hybridized carbons (Fsp3) is 0.462. The monoisotopic (exact) mass is 447 g/mol. The maximum atomic E-state index is 13.4. The Morgan fingerprint density at radius 3 is 2.55 bits per heavy atom. The zero-order chi connectivity index (χ0) is 23.5. The van der Waals surface area contributed by atoms with Gasteiger partial charge in [-0.15, -0.1) is 0 Å². The van der Waals surface area contributed by atoms with Gasteiger partial charge >= 0.3 is 0 Å². The molecule has 0 saturated heterocycles. The number of carbonyl (C=O) groups excluding carboxylic acids is 1. The first-order valence-electron chi connectivity index (χ1n) is 11.9. The molecular weight excluding hydrogens is 414 g/mol. The second-order valence-electron chi connectivity index (χ2n) is 8.96. The van der Waals surface area contributed by atoms with Gasteiger partial charge in [-0.2, -0.15) is 10.2 Å². The van der Waals surface area contributed by atoms with Crippen LogP contribution in [0.15, 0.2) is 40.7 Å². The van der Waals surface area contributed by atoms with Gasteiger partial charge < -0.3 is 5.32 Å². The number of aromatic nitrogens is 4. The van der Waals surface area contributed by atoms with Crippen molar-refractivity contribution in [3.05, 3.63) is 63.2 Å². The average molecular weight is 448 g/mol. The van der Waals surface area contributed by atoms with Gasteiger partial charge in [0, 0.05) is 6.54 Å². The van der Waals surface area contributed by atoms with Crippen molar-refractivity contribution in [3.63, 3.8) is 0 Å². The molecule has 4 rings (SSSR count). The first-order chi connectivity index (χ1) is 15.9. The third-order valence-corrected chi connectivity index (χ3v) is 6.54. The lowest BCUT2D eigenvalue weighted by Crippen LogP contribution is -2.39. The van der Waals surface area contributed by atoms with E-state index in [0.717, 1.165) is 41.6 Å². The first kappa shape index (κ1) is 23.0. The van der Waals surface area contributed by atoms with E-state index >= 15 is 0 Å². The fourth-order valence-corrected chi connectivity index (χ4v) is 4.66. The lowest BCUT2D eigenvalue weighted by atomic mass is 9.97. The van der Waals surface area contributed by atoms with E-state index in [4.69, 9.17) is 0 Å². The summed E-state index contributed by atoms with van der Waals surface area (Å²) in [4.78, 5) is 26.4. The van der Waals surface area contributed by atoms with E-state index in [1.165, 1.54) is 23.1 Å². The Hall–Kier alpha value is -3.22. The van der Waals surface area contributed by atoms with Gasteiger partial charge in [0.15, 0.2) is 5.52 Å². The maximum Gasteiger partial charge on any atom is 0.295 e. The van der Waals surface area contributed by atoms with Crippen LogP contribution in [0.3, 0.4) is 0 Å². The fourth-order valence-electron chi connectivity index (χ4n) is 4.66. The van der Waals surface area contributed by atoms with E-state index in [1.54, 1.807) is 4.68 Å². The Bertz CT molecular complexity index is 1250. The van der Waals surface area contributed by atoms with Crippen LogP contribution < -0.4 is 10.9 Å². The van der Waals surface area contributed by atoms with Crippen molar-refractivity contribution >= 4 is 16.8 Å². The quantitative estimate of drug-likeness (QED) is 0.542. The molecule has 0 fully saturated rings. The van der Waals surface area contributed by atoms with E-state index in [9.17, 15) is 9.59 Å². The molecule has 0 bridgehead atoms. The Kier molecular flexibility index (Phi) is 6.77. The van der Waals surface area contributed by atoms with Gasteiger partial charge in [-0.25, -0.2) is 9.36 Å². The van der Waals surface area contributed by atoms with Crippen molar-refractivity contribution in [2.45, 2.75) is 72.3 Å². The third kappa shape index (κ3) is 4.63. The van der Waals surface area contributed by atoms with Crippen LogP contribution in [-0.2, 0) is 4.79 Å². The Morgan fingerprint density at radius 1 is 1.12 bits per heavy atom. The van der Waals surface area contributed by atoms with E-state index in [2.05, 4.69) is 21.6 Å². The molecule has 33 heavy (non-hydrogen) atoms. The van der Waals surface area contributed by atoms with Crippen LogP contribution in [-0.4, -0.2) is 32.0 Å². The van der Waals surface area contributed by atoms with Crippen molar-refractivity contribution < 1.29 is 4.79 Å². The van der Waals surface area contributed by atoms with Gasteiger partial charge in [0.1, 0.15) is 6.04 Å². The second-order valence-corrected chi connectivity index (χ2v) is 8.96. The topological polar surface area (TPSA) is 81.8 Å². The number of amides is 1. The minimum atomic E-state index is -0.661. The van der Waals surface area contributed by atoms with Crippen molar-refractivity contribution in [3.8, 4) is 5.69 Å². The summed E-state index contributed by atoms with van der Waals surface area (Å²) in [6.07, 6.45) is 8.37. The molecule has 174 valence electrons. The highest BCUT2D eigenvalue weighted by molar-refractivity contribution is 5.84. The average Bonchev–Trinajstić information content (AvgIpc) is 3.17. The number of carbonyl (C=O) groups is 1. The zero-order valence-electron chi connectivity index (χ0n) is 20.0.